The molecule has 4 rings (SSSR count). The van der Waals surface area contributed by atoms with Gasteiger partial charge >= 0.3 is 5.97 Å². The molecule has 2 atom stereocenters. The van der Waals surface area contributed by atoms with Crippen LogP contribution in [0.1, 0.15) is 30.4 Å². The summed E-state index contributed by atoms with van der Waals surface area (Å²) in [6.07, 6.45) is 2.47. The fraction of sp³-hybridized carbons (Fsp3) is 0.519. The van der Waals surface area contributed by atoms with Crippen molar-refractivity contribution in [2.24, 2.45) is 5.92 Å². The van der Waals surface area contributed by atoms with Gasteiger partial charge in [0, 0.05) is 38.6 Å². The minimum absolute atomic E-state index is 0.115. The Bertz CT molecular complexity index is 869. The van der Waals surface area contributed by atoms with Crippen molar-refractivity contribution in [2.75, 3.05) is 46.5 Å². The summed E-state index contributed by atoms with van der Waals surface area (Å²) in [5, 5.41) is 0. The third-order valence-electron chi connectivity index (χ3n) is 6.79. The lowest BCUT2D eigenvalue weighted by Crippen LogP contribution is -2.53. The number of morpholine rings is 1. The van der Waals surface area contributed by atoms with Crippen molar-refractivity contribution in [2.45, 2.75) is 38.5 Å². The highest BCUT2D eigenvalue weighted by Crippen LogP contribution is 2.28. The number of benzene rings is 2. The molecule has 0 amide bonds. The summed E-state index contributed by atoms with van der Waals surface area (Å²) in [4.78, 5) is 16.9. The summed E-state index contributed by atoms with van der Waals surface area (Å²) in [5.74, 6) is 1.24. The van der Waals surface area contributed by atoms with Gasteiger partial charge < -0.3 is 14.2 Å². The Morgan fingerprint density at radius 2 is 1.82 bits per heavy atom. The molecule has 0 N–H and O–H groups in total. The van der Waals surface area contributed by atoms with Gasteiger partial charge in [0.1, 0.15) is 12.4 Å². The molecule has 0 spiro atoms. The van der Waals surface area contributed by atoms with Gasteiger partial charge in [-0.3, -0.25) is 14.6 Å². The SMILES string of the molecule is COC(=O)CC[C@H]1CN(Cc2cccc(OCc3ccccc3)c2)CC[C@H]1N1CCOCC1. The molecule has 0 saturated carbocycles. The zero-order valence-electron chi connectivity index (χ0n) is 19.7. The van der Waals surface area contributed by atoms with Crippen LogP contribution in [-0.2, 0) is 27.4 Å². The van der Waals surface area contributed by atoms with Crippen LogP contribution in [0, 0.1) is 5.92 Å². The molecule has 6 nitrogen and oxygen atoms in total. The zero-order chi connectivity index (χ0) is 22.9. The predicted molar refractivity (Wildman–Crippen MR) is 128 cm³/mol. The normalized spacial score (nSPS) is 22.1. The van der Waals surface area contributed by atoms with Gasteiger partial charge in [0.15, 0.2) is 0 Å². The minimum atomic E-state index is -0.115. The second-order valence-electron chi connectivity index (χ2n) is 9.04. The van der Waals surface area contributed by atoms with E-state index in [-0.39, 0.29) is 5.97 Å². The first-order valence-electron chi connectivity index (χ1n) is 12.1. The van der Waals surface area contributed by atoms with E-state index < -0.39 is 0 Å². The summed E-state index contributed by atoms with van der Waals surface area (Å²) in [5.41, 5.74) is 2.43. The standard InChI is InChI=1S/C27H36N2O4/c1-31-27(30)11-10-24-20-28(13-12-26(24)29-14-16-32-17-15-29)19-23-8-5-9-25(18-23)33-21-22-6-3-2-4-7-22/h2-9,18,24,26H,10-17,19-21H2,1H3/t24-,26+/m0/s1. The number of esters is 1. The number of hydrogen-bond donors (Lipinski definition) is 0. The zero-order valence-corrected chi connectivity index (χ0v) is 19.7. The Kier molecular flexibility index (Phi) is 8.75. The number of ether oxygens (including phenoxy) is 3. The molecule has 2 aliphatic heterocycles. The summed E-state index contributed by atoms with van der Waals surface area (Å²) in [7, 11) is 1.47. The van der Waals surface area contributed by atoms with Crippen LogP contribution < -0.4 is 4.74 Å². The smallest absolute Gasteiger partial charge is 0.305 e. The fourth-order valence-corrected chi connectivity index (χ4v) is 5.05. The highest BCUT2D eigenvalue weighted by atomic mass is 16.5. The monoisotopic (exact) mass is 452 g/mol. The maximum atomic E-state index is 11.8. The molecule has 2 aliphatic rings. The van der Waals surface area contributed by atoms with Gasteiger partial charge in [-0.25, -0.2) is 0 Å². The molecule has 2 aromatic rings. The van der Waals surface area contributed by atoms with E-state index in [2.05, 4.69) is 40.1 Å². The second-order valence-corrected chi connectivity index (χ2v) is 9.04. The number of piperidine rings is 1. The summed E-state index contributed by atoms with van der Waals surface area (Å²) < 4.78 is 16.5. The quantitative estimate of drug-likeness (QED) is 0.541. The van der Waals surface area contributed by atoms with Crippen LogP contribution in [0.5, 0.6) is 5.75 Å². The van der Waals surface area contributed by atoms with Crippen LogP contribution in [0.4, 0.5) is 0 Å². The van der Waals surface area contributed by atoms with Gasteiger partial charge in [-0.2, -0.15) is 0 Å². The van der Waals surface area contributed by atoms with E-state index in [1.807, 2.05) is 24.3 Å². The van der Waals surface area contributed by atoms with Crippen LogP contribution in [0.15, 0.2) is 54.6 Å². The number of rotatable bonds is 9. The van der Waals surface area contributed by atoms with E-state index >= 15 is 0 Å². The molecule has 0 bridgehead atoms. The molecule has 0 aliphatic carbocycles. The Morgan fingerprint density at radius 3 is 2.61 bits per heavy atom. The second kappa shape index (κ2) is 12.2. The van der Waals surface area contributed by atoms with E-state index in [0.29, 0.717) is 25.0 Å². The van der Waals surface area contributed by atoms with E-state index in [9.17, 15) is 4.79 Å². The van der Waals surface area contributed by atoms with Crippen LogP contribution in [0.3, 0.4) is 0 Å². The molecule has 33 heavy (non-hydrogen) atoms. The highest BCUT2D eigenvalue weighted by Gasteiger charge is 2.34. The lowest BCUT2D eigenvalue weighted by Gasteiger charge is -2.45. The molecule has 2 saturated heterocycles. The summed E-state index contributed by atoms with van der Waals surface area (Å²) >= 11 is 0. The predicted octanol–water partition coefficient (Wildman–Crippen LogP) is 3.74. The fourth-order valence-electron chi connectivity index (χ4n) is 5.05. The van der Waals surface area contributed by atoms with E-state index in [1.54, 1.807) is 0 Å². The van der Waals surface area contributed by atoms with Crippen LogP contribution in [-0.4, -0.2) is 68.3 Å². The highest BCUT2D eigenvalue weighted by molar-refractivity contribution is 5.69. The Labute approximate surface area is 197 Å². The molecule has 2 heterocycles. The number of carbonyl (C=O) groups excluding carboxylic acids is 1. The van der Waals surface area contributed by atoms with Gasteiger partial charge in [-0.1, -0.05) is 42.5 Å². The van der Waals surface area contributed by atoms with E-state index in [4.69, 9.17) is 14.2 Å². The summed E-state index contributed by atoms with van der Waals surface area (Å²) in [6.45, 7) is 7.11. The molecule has 0 aromatic heterocycles. The van der Waals surface area contributed by atoms with Crippen molar-refractivity contribution < 1.29 is 19.0 Å². The van der Waals surface area contributed by atoms with Crippen molar-refractivity contribution in [3.05, 3.63) is 65.7 Å². The van der Waals surface area contributed by atoms with Crippen molar-refractivity contribution in [1.82, 2.24) is 9.80 Å². The van der Waals surface area contributed by atoms with Gasteiger partial charge in [0.05, 0.1) is 20.3 Å². The largest absolute Gasteiger partial charge is 0.489 e. The maximum absolute atomic E-state index is 11.8. The Hall–Kier alpha value is -2.41. The van der Waals surface area contributed by atoms with Crippen LogP contribution >= 0.6 is 0 Å². The minimum Gasteiger partial charge on any atom is -0.489 e. The number of methoxy groups -OCH3 is 1. The van der Waals surface area contributed by atoms with Crippen molar-refractivity contribution >= 4 is 5.97 Å². The molecule has 6 heteroatoms. The number of carbonyl (C=O) groups is 1. The molecular formula is C27H36N2O4. The number of likely N-dealkylation sites (tertiary alicyclic amines) is 1. The first kappa shape index (κ1) is 23.7. The van der Waals surface area contributed by atoms with Crippen molar-refractivity contribution in [3.63, 3.8) is 0 Å². The molecule has 178 valence electrons. The lowest BCUT2D eigenvalue weighted by molar-refractivity contribution is -0.141. The van der Waals surface area contributed by atoms with E-state index in [1.165, 1.54) is 18.2 Å². The molecule has 0 unspecified atom stereocenters. The van der Waals surface area contributed by atoms with Crippen molar-refractivity contribution in [3.8, 4) is 5.75 Å². The van der Waals surface area contributed by atoms with Crippen LogP contribution in [0.25, 0.3) is 0 Å². The number of nitrogens with zero attached hydrogens (tertiary/aromatic N) is 2. The van der Waals surface area contributed by atoms with Gasteiger partial charge in [0.25, 0.3) is 0 Å². The van der Waals surface area contributed by atoms with Crippen LogP contribution in [0.2, 0.25) is 0 Å². The van der Waals surface area contributed by atoms with Gasteiger partial charge in [0.2, 0.25) is 0 Å². The third kappa shape index (κ3) is 7.03. The average Bonchev–Trinajstić information content (AvgIpc) is 2.87. The van der Waals surface area contributed by atoms with Gasteiger partial charge in [-0.15, -0.1) is 0 Å². The molecule has 2 fully saturated rings. The Balaban J connectivity index is 1.36. The molecular weight excluding hydrogens is 416 g/mol. The maximum Gasteiger partial charge on any atom is 0.305 e. The topological polar surface area (TPSA) is 51.2 Å². The lowest BCUT2D eigenvalue weighted by atomic mass is 9.86. The molecule has 0 radical (unpaired) electrons. The van der Waals surface area contributed by atoms with Crippen molar-refractivity contribution in [1.29, 1.82) is 0 Å². The van der Waals surface area contributed by atoms with Gasteiger partial charge in [-0.05, 0) is 48.6 Å². The third-order valence-corrected chi connectivity index (χ3v) is 6.79. The molecule has 2 aromatic carbocycles. The average molecular weight is 453 g/mol. The summed E-state index contributed by atoms with van der Waals surface area (Å²) in [6, 6.07) is 19.2. The number of hydrogen-bond acceptors (Lipinski definition) is 6. The Morgan fingerprint density at radius 1 is 1.03 bits per heavy atom. The van der Waals surface area contributed by atoms with E-state index in [0.717, 1.165) is 64.5 Å². The first-order chi connectivity index (χ1) is 16.2. The first-order valence-corrected chi connectivity index (χ1v) is 12.1.